The third kappa shape index (κ3) is 17.7. The van der Waals surface area contributed by atoms with E-state index in [2.05, 4.69) is 26.8 Å². The fourth-order valence-corrected chi connectivity index (χ4v) is 2.69. The van der Waals surface area contributed by atoms with Gasteiger partial charge < -0.3 is 0 Å². The van der Waals surface area contributed by atoms with Gasteiger partial charge in [-0.1, -0.05) is 102 Å². The zero-order chi connectivity index (χ0) is 14.9. The highest BCUT2D eigenvalue weighted by atomic mass is 14.0. The number of allylic oxidation sites excluding steroid dienone is 2. The fourth-order valence-electron chi connectivity index (χ4n) is 2.69. The molecule has 0 N–H and O–H groups in total. The van der Waals surface area contributed by atoms with Gasteiger partial charge in [0.05, 0.1) is 0 Å². The smallest absolute Gasteiger partial charge is 0.0286 e. The molecule has 0 rings (SSSR count). The molecule has 0 unspecified atom stereocenters. The Morgan fingerprint density at radius 2 is 1.00 bits per heavy atom. The van der Waals surface area contributed by atoms with Crippen LogP contribution < -0.4 is 0 Å². The van der Waals surface area contributed by atoms with Gasteiger partial charge in [0.15, 0.2) is 0 Å². The Morgan fingerprint density at radius 3 is 1.35 bits per heavy atom. The van der Waals surface area contributed by atoms with E-state index in [1.165, 1.54) is 102 Å². The standard InChI is InChI=1S/C20H39/c1-4-5-6-7-8-9-10-11-12-13-14-15-16-17-18-19-20(2)3/h19H,2,4-18H2,1,3H3/b20-19-. The molecule has 0 saturated carbocycles. The Hall–Kier alpha value is -0.260. The predicted octanol–water partition coefficient (Wildman–Crippen LogP) is 7.64. The summed E-state index contributed by atoms with van der Waals surface area (Å²) >= 11 is 0. The van der Waals surface area contributed by atoms with E-state index in [-0.39, 0.29) is 0 Å². The lowest BCUT2D eigenvalue weighted by Crippen LogP contribution is -1.83. The molecule has 0 aliphatic rings. The van der Waals surface area contributed by atoms with Crippen LogP contribution in [0, 0.1) is 6.92 Å². The van der Waals surface area contributed by atoms with Gasteiger partial charge in [-0.15, -0.1) is 0 Å². The Morgan fingerprint density at radius 1 is 0.650 bits per heavy atom. The van der Waals surface area contributed by atoms with Crippen molar-refractivity contribution in [1.82, 2.24) is 0 Å². The van der Waals surface area contributed by atoms with Crippen molar-refractivity contribution < 1.29 is 0 Å². The minimum absolute atomic E-state index is 1.22. The predicted molar refractivity (Wildman–Crippen MR) is 94.0 cm³/mol. The van der Waals surface area contributed by atoms with Crippen LogP contribution in [0.2, 0.25) is 0 Å². The Labute approximate surface area is 129 Å². The van der Waals surface area contributed by atoms with Crippen LogP contribution in [0.25, 0.3) is 0 Å². The molecule has 0 heteroatoms. The maximum atomic E-state index is 3.90. The molecule has 119 valence electrons. The summed E-state index contributed by atoms with van der Waals surface area (Å²) in [7, 11) is 0. The summed E-state index contributed by atoms with van der Waals surface area (Å²) in [6.45, 7) is 8.28. The second-order valence-electron chi connectivity index (χ2n) is 6.44. The van der Waals surface area contributed by atoms with Crippen molar-refractivity contribution in [1.29, 1.82) is 0 Å². The first-order valence-corrected chi connectivity index (χ1v) is 9.26. The van der Waals surface area contributed by atoms with Gasteiger partial charge in [-0.3, -0.25) is 0 Å². The van der Waals surface area contributed by atoms with Crippen LogP contribution in [0.1, 0.15) is 110 Å². The van der Waals surface area contributed by atoms with E-state index in [0.29, 0.717) is 0 Å². The highest BCUT2D eigenvalue weighted by Crippen LogP contribution is 2.13. The van der Waals surface area contributed by atoms with Crippen LogP contribution in [0.3, 0.4) is 0 Å². The number of unbranched alkanes of at least 4 members (excludes halogenated alkanes) is 14. The van der Waals surface area contributed by atoms with Gasteiger partial charge in [0.1, 0.15) is 0 Å². The summed E-state index contributed by atoms with van der Waals surface area (Å²) in [5, 5.41) is 0. The quantitative estimate of drug-likeness (QED) is 0.270. The second kappa shape index (κ2) is 16.8. The first kappa shape index (κ1) is 19.7. The molecule has 0 nitrogen and oxygen atoms in total. The van der Waals surface area contributed by atoms with Crippen LogP contribution in [-0.4, -0.2) is 0 Å². The lowest BCUT2D eigenvalue weighted by Gasteiger charge is -2.03. The van der Waals surface area contributed by atoms with E-state index >= 15 is 0 Å². The van der Waals surface area contributed by atoms with Crippen molar-refractivity contribution in [2.45, 2.75) is 110 Å². The maximum absolute atomic E-state index is 3.90. The van der Waals surface area contributed by atoms with Gasteiger partial charge in [-0.2, -0.15) is 0 Å². The van der Waals surface area contributed by atoms with E-state index in [1.807, 2.05) is 0 Å². The molecule has 1 radical (unpaired) electrons. The van der Waals surface area contributed by atoms with Crippen molar-refractivity contribution in [3.63, 3.8) is 0 Å². The van der Waals surface area contributed by atoms with Gasteiger partial charge in [0.25, 0.3) is 0 Å². The fraction of sp³-hybridized carbons (Fsp3) is 0.850. The van der Waals surface area contributed by atoms with Crippen molar-refractivity contribution in [2.75, 3.05) is 0 Å². The molecule has 0 bridgehead atoms. The van der Waals surface area contributed by atoms with Crippen molar-refractivity contribution in [3.05, 3.63) is 18.6 Å². The molecule has 0 aliphatic carbocycles. The molecule has 0 aromatic carbocycles. The largest absolute Gasteiger partial charge is 0.0856 e. The third-order valence-electron chi connectivity index (χ3n) is 4.05. The molecule has 0 aromatic heterocycles. The summed E-state index contributed by atoms with van der Waals surface area (Å²) in [5.74, 6) is 0. The molecular weight excluding hydrogens is 240 g/mol. The van der Waals surface area contributed by atoms with Crippen molar-refractivity contribution in [3.8, 4) is 0 Å². The third-order valence-corrected chi connectivity index (χ3v) is 4.05. The average Bonchev–Trinajstić information content (AvgIpc) is 2.43. The Kier molecular flexibility index (Phi) is 16.6. The van der Waals surface area contributed by atoms with Crippen LogP contribution in [0.5, 0.6) is 0 Å². The normalized spacial score (nSPS) is 12.1. The maximum Gasteiger partial charge on any atom is -0.0286 e. The Balaban J connectivity index is 2.97. The van der Waals surface area contributed by atoms with Crippen LogP contribution in [-0.2, 0) is 0 Å². The topological polar surface area (TPSA) is 0 Å². The first-order chi connectivity index (χ1) is 9.77. The SMILES string of the molecule is [CH2]/C(C)=C/CCCCCCCCCCCCCCCC. The molecule has 0 atom stereocenters. The van der Waals surface area contributed by atoms with Gasteiger partial charge in [-0.05, 0) is 26.7 Å². The first-order valence-electron chi connectivity index (χ1n) is 9.26. The van der Waals surface area contributed by atoms with E-state index in [9.17, 15) is 0 Å². The molecule has 0 saturated heterocycles. The van der Waals surface area contributed by atoms with E-state index in [0.717, 1.165) is 0 Å². The van der Waals surface area contributed by atoms with Crippen LogP contribution >= 0.6 is 0 Å². The lowest BCUT2D eigenvalue weighted by atomic mass is 10.0. The Bertz CT molecular complexity index is 198. The molecule has 0 heterocycles. The minimum Gasteiger partial charge on any atom is -0.0856 e. The monoisotopic (exact) mass is 279 g/mol. The molecule has 0 aliphatic heterocycles. The lowest BCUT2D eigenvalue weighted by molar-refractivity contribution is 0.536. The summed E-state index contributed by atoms with van der Waals surface area (Å²) in [5.41, 5.74) is 1.22. The van der Waals surface area contributed by atoms with E-state index < -0.39 is 0 Å². The van der Waals surface area contributed by atoms with Gasteiger partial charge in [0.2, 0.25) is 0 Å². The highest BCUT2D eigenvalue weighted by Gasteiger charge is 1.93. The highest BCUT2D eigenvalue weighted by molar-refractivity contribution is 5.00. The van der Waals surface area contributed by atoms with Crippen LogP contribution in [0.15, 0.2) is 11.6 Å². The summed E-state index contributed by atoms with van der Waals surface area (Å²) in [6, 6.07) is 0. The zero-order valence-electron chi connectivity index (χ0n) is 14.4. The van der Waals surface area contributed by atoms with Gasteiger partial charge in [0, 0.05) is 0 Å². The second-order valence-corrected chi connectivity index (χ2v) is 6.44. The number of hydrogen-bond donors (Lipinski definition) is 0. The average molecular weight is 280 g/mol. The molecule has 0 spiro atoms. The molecule has 0 aromatic rings. The van der Waals surface area contributed by atoms with Crippen molar-refractivity contribution in [2.24, 2.45) is 0 Å². The minimum atomic E-state index is 1.22. The summed E-state index contributed by atoms with van der Waals surface area (Å²) in [6.07, 6.45) is 23.7. The zero-order valence-corrected chi connectivity index (χ0v) is 14.4. The van der Waals surface area contributed by atoms with Crippen molar-refractivity contribution >= 4 is 0 Å². The molecule has 0 fully saturated rings. The molecule has 0 amide bonds. The molecule has 20 heavy (non-hydrogen) atoms. The van der Waals surface area contributed by atoms with Gasteiger partial charge in [-0.25, -0.2) is 0 Å². The van der Waals surface area contributed by atoms with E-state index in [4.69, 9.17) is 0 Å². The summed E-state index contributed by atoms with van der Waals surface area (Å²) in [4.78, 5) is 0. The van der Waals surface area contributed by atoms with Gasteiger partial charge >= 0.3 is 0 Å². The number of rotatable bonds is 15. The molecular formula is C20H39. The van der Waals surface area contributed by atoms with E-state index in [1.54, 1.807) is 0 Å². The summed E-state index contributed by atoms with van der Waals surface area (Å²) < 4.78 is 0. The van der Waals surface area contributed by atoms with Crippen LogP contribution in [0.4, 0.5) is 0 Å². The number of hydrogen-bond acceptors (Lipinski definition) is 0.